The van der Waals surface area contributed by atoms with Crippen LogP contribution in [0.1, 0.15) is 23.2 Å². The summed E-state index contributed by atoms with van der Waals surface area (Å²) in [6.07, 6.45) is 4.04. The molecule has 1 amide bonds. The lowest BCUT2D eigenvalue weighted by atomic mass is 9.99. The van der Waals surface area contributed by atoms with E-state index in [0.29, 0.717) is 12.5 Å². The minimum atomic E-state index is -0.513. The Labute approximate surface area is 127 Å². The number of nitro benzene ring substituents is 1. The smallest absolute Gasteiger partial charge is 0.282 e. The maximum Gasteiger partial charge on any atom is 0.282 e. The van der Waals surface area contributed by atoms with Crippen molar-refractivity contribution in [1.29, 1.82) is 0 Å². The second kappa shape index (κ2) is 7.42. The molecule has 1 aliphatic rings. The standard InChI is InChI=1S/C14H19N3O3S/c1-21-11-4-5-13(17(19)20)12(7-11)14(18)16-9-10-3-2-6-15-8-10/h4-5,7,10,15H,2-3,6,8-9H2,1H3,(H,16,18). The minimum absolute atomic E-state index is 0.135. The van der Waals surface area contributed by atoms with Gasteiger partial charge in [0.15, 0.2) is 0 Å². The average Bonchev–Trinajstić information content (AvgIpc) is 2.52. The number of hydrogen-bond donors (Lipinski definition) is 2. The first-order valence-corrected chi connectivity index (χ1v) is 8.15. The fourth-order valence-electron chi connectivity index (χ4n) is 2.41. The van der Waals surface area contributed by atoms with Gasteiger partial charge in [-0.1, -0.05) is 0 Å². The van der Waals surface area contributed by atoms with Gasteiger partial charge in [-0.3, -0.25) is 14.9 Å². The highest BCUT2D eigenvalue weighted by molar-refractivity contribution is 7.98. The summed E-state index contributed by atoms with van der Waals surface area (Å²) in [6.45, 7) is 2.45. The van der Waals surface area contributed by atoms with Crippen LogP contribution in [0.5, 0.6) is 0 Å². The average molecular weight is 309 g/mol. The first kappa shape index (κ1) is 15.8. The minimum Gasteiger partial charge on any atom is -0.351 e. The second-order valence-electron chi connectivity index (χ2n) is 5.06. The Morgan fingerprint density at radius 3 is 3.00 bits per heavy atom. The molecule has 7 heteroatoms. The molecule has 1 atom stereocenters. The number of amides is 1. The molecule has 0 bridgehead atoms. The van der Waals surface area contributed by atoms with Crippen molar-refractivity contribution in [2.45, 2.75) is 17.7 Å². The van der Waals surface area contributed by atoms with Crippen LogP contribution in [0.25, 0.3) is 0 Å². The molecule has 2 rings (SSSR count). The number of carbonyl (C=O) groups excluding carboxylic acids is 1. The maximum atomic E-state index is 12.2. The Balaban J connectivity index is 2.07. The molecule has 0 saturated carbocycles. The molecule has 0 spiro atoms. The molecule has 6 nitrogen and oxygen atoms in total. The molecule has 1 saturated heterocycles. The van der Waals surface area contributed by atoms with Gasteiger partial charge in [-0.15, -0.1) is 11.8 Å². The summed E-state index contributed by atoms with van der Waals surface area (Å²) in [5.74, 6) is 0.0219. The van der Waals surface area contributed by atoms with Crippen LogP contribution in [0.15, 0.2) is 23.1 Å². The Bertz CT molecular complexity index is 530. The van der Waals surface area contributed by atoms with Gasteiger partial charge in [-0.05, 0) is 50.2 Å². The van der Waals surface area contributed by atoms with Crippen molar-refractivity contribution in [3.05, 3.63) is 33.9 Å². The van der Waals surface area contributed by atoms with Gasteiger partial charge in [0.05, 0.1) is 4.92 Å². The Morgan fingerprint density at radius 1 is 1.57 bits per heavy atom. The molecule has 21 heavy (non-hydrogen) atoms. The molecule has 0 aromatic heterocycles. The molecular weight excluding hydrogens is 290 g/mol. The van der Waals surface area contributed by atoms with Crippen LogP contribution in [-0.2, 0) is 0 Å². The fourth-order valence-corrected chi connectivity index (χ4v) is 2.85. The van der Waals surface area contributed by atoms with Gasteiger partial charge in [-0.25, -0.2) is 0 Å². The van der Waals surface area contributed by atoms with Gasteiger partial charge >= 0.3 is 0 Å². The number of nitro groups is 1. The van der Waals surface area contributed by atoms with Gasteiger partial charge in [0.1, 0.15) is 5.56 Å². The zero-order valence-corrected chi connectivity index (χ0v) is 12.7. The van der Waals surface area contributed by atoms with Gasteiger partial charge < -0.3 is 10.6 Å². The highest BCUT2D eigenvalue weighted by Gasteiger charge is 2.21. The predicted octanol–water partition coefficient (Wildman–Crippen LogP) is 2.05. The molecule has 1 heterocycles. The van der Waals surface area contributed by atoms with E-state index in [1.165, 1.54) is 17.8 Å². The zero-order valence-electron chi connectivity index (χ0n) is 11.9. The number of hydrogen-bond acceptors (Lipinski definition) is 5. The normalized spacial score (nSPS) is 18.2. The quantitative estimate of drug-likeness (QED) is 0.494. The van der Waals surface area contributed by atoms with Crippen molar-refractivity contribution >= 4 is 23.4 Å². The molecule has 114 valence electrons. The summed E-state index contributed by atoms with van der Waals surface area (Å²) in [6, 6.07) is 4.63. The van der Waals surface area contributed by atoms with Crippen molar-refractivity contribution in [2.24, 2.45) is 5.92 Å². The van der Waals surface area contributed by atoms with Crippen molar-refractivity contribution in [2.75, 3.05) is 25.9 Å². The Morgan fingerprint density at radius 2 is 2.38 bits per heavy atom. The summed E-state index contributed by atoms with van der Waals surface area (Å²) in [5.41, 5.74) is -0.0114. The van der Waals surface area contributed by atoms with Crippen LogP contribution < -0.4 is 10.6 Å². The summed E-state index contributed by atoms with van der Waals surface area (Å²) in [7, 11) is 0. The SMILES string of the molecule is CSc1ccc([N+](=O)[O-])c(C(=O)NCC2CCCNC2)c1. The van der Waals surface area contributed by atoms with Crippen LogP contribution in [0, 0.1) is 16.0 Å². The molecule has 0 radical (unpaired) electrons. The van der Waals surface area contributed by atoms with E-state index < -0.39 is 4.92 Å². The monoisotopic (exact) mass is 309 g/mol. The van der Waals surface area contributed by atoms with Crippen molar-refractivity contribution < 1.29 is 9.72 Å². The topological polar surface area (TPSA) is 84.3 Å². The molecule has 1 fully saturated rings. The van der Waals surface area contributed by atoms with Crippen molar-refractivity contribution in [3.63, 3.8) is 0 Å². The van der Waals surface area contributed by atoms with E-state index in [2.05, 4.69) is 10.6 Å². The lowest BCUT2D eigenvalue weighted by molar-refractivity contribution is -0.385. The van der Waals surface area contributed by atoms with E-state index in [0.717, 1.165) is 30.8 Å². The molecule has 1 unspecified atom stereocenters. The Kier molecular flexibility index (Phi) is 5.58. The lowest BCUT2D eigenvalue weighted by Gasteiger charge is -2.22. The summed E-state index contributed by atoms with van der Waals surface area (Å²) >= 11 is 1.45. The van der Waals surface area contributed by atoms with E-state index in [1.54, 1.807) is 12.1 Å². The molecule has 1 aromatic rings. The highest BCUT2D eigenvalue weighted by Crippen LogP contribution is 2.24. The fraction of sp³-hybridized carbons (Fsp3) is 0.500. The van der Waals surface area contributed by atoms with Gasteiger partial charge in [0, 0.05) is 17.5 Å². The summed E-state index contributed by atoms with van der Waals surface area (Å²) < 4.78 is 0. The first-order chi connectivity index (χ1) is 10.1. The number of benzene rings is 1. The molecule has 1 aromatic carbocycles. The van der Waals surface area contributed by atoms with Crippen molar-refractivity contribution in [3.8, 4) is 0 Å². The van der Waals surface area contributed by atoms with E-state index in [9.17, 15) is 14.9 Å². The van der Waals surface area contributed by atoms with Gasteiger partial charge in [-0.2, -0.15) is 0 Å². The maximum absolute atomic E-state index is 12.2. The number of thioether (sulfide) groups is 1. The number of piperidine rings is 1. The number of nitrogens with one attached hydrogen (secondary N) is 2. The van der Waals surface area contributed by atoms with Gasteiger partial charge in [0.2, 0.25) is 0 Å². The number of carbonyl (C=O) groups is 1. The zero-order chi connectivity index (χ0) is 15.2. The van der Waals surface area contributed by atoms with Gasteiger partial charge in [0.25, 0.3) is 11.6 Å². The third-order valence-corrected chi connectivity index (χ3v) is 4.32. The molecule has 2 N–H and O–H groups in total. The predicted molar refractivity (Wildman–Crippen MR) is 82.8 cm³/mol. The molecule has 0 aliphatic carbocycles. The Hall–Kier alpha value is -1.60. The largest absolute Gasteiger partial charge is 0.351 e. The highest BCUT2D eigenvalue weighted by atomic mass is 32.2. The third-order valence-electron chi connectivity index (χ3n) is 3.60. The number of rotatable bonds is 5. The van der Waals surface area contributed by atoms with Crippen LogP contribution in [0.3, 0.4) is 0 Å². The van der Waals surface area contributed by atoms with Crippen LogP contribution in [0.2, 0.25) is 0 Å². The molecule has 1 aliphatic heterocycles. The van der Waals surface area contributed by atoms with E-state index in [1.807, 2.05) is 6.26 Å². The summed E-state index contributed by atoms with van der Waals surface area (Å²) in [4.78, 5) is 23.6. The van der Waals surface area contributed by atoms with E-state index in [-0.39, 0.29) is 17.2 Å². The van der Waals surface area contributed by atoms with E-state index in [4.69, 9.17) is 0 Å². The third kappa shape index (κ3) is 4.18. The second-order valence-corrected chi connectivity index (χ2v) is 5.94. The van der Waals surface area contributed by atoms with Crippen LogP contribution in [-0.4, -0.2) is 36.7 Å². The number of nitrogens with zero attached hydrogens (tertiary/aromatic N) is 1. The summed E-state index contributed by atoms with van der Waals surface area (Å²) in [5, 5.41) is 17.1. The first-order valence-electron chi connectivity index (χ1n) is 6.93. The van der Waals surface area contributed by atoms with Crippen molar-refractivity contribution in [1.82, 2.24) is 10.6 Å². The lowest BCUT2D eigenvalue weighted by Crippen LogP contribution is -2.38. The van der Waals surface area contributed by atoms with Crippen LogP contribution >= 0.6 is 11.8 Å². The van der Waals surface area contributed by atoms with E-state index >= 15 is 0 Å². The molecular formula is C14H19N3O3S. The van der Waals surface area contributed by atoms with Crippen LogP contribution in [0.4, 0.5) is 5.69 Å².